The van der Waals surface area contributed by atoms with Crippen LogP contribution in [0.5, 0.6) is 0 Å². The number of alkyl halides is 3. The zero-order chi connectivity index (χ0) is 17.8. The number of aliphatic hydroxyl groups is 1. The second-order valence-corrected chi connectivity index (χ2v) is 6.15. The monoisotopic (exact) mass is 334 g/mol. The van der Waals surface area contributed by atoms with Crippen LogP contribution in [-0.4, -0.2) is 40.3 Å². The van der Waals surface area contributed by atoms with Gasteiger partial charge in [0.25, 0.3) is 0 Å². The van der Waals surface area contributed by atoms with Gasteiger partial charge in [-0.3, -0.25) is 0 Å². The number of amides is 1. The van der Waals surface area contributed by atoms with Crippen LogP contribution in [0, 0.1) is 0 Å². The number of aromatic nitrogens is 1. The minimum atomic E-state index is -4.57. The molecule has 1 aromatic heterocycles. The molecule has 1 N–H and O–H groups in total. The van der Waals surface area contributed by atoms with E-state index < -0.39 is 29.7 Å². The number of hydrogen-bond acceptors (Lipinski definition) is 4. The molecule has 0 bridgehead atoms. The Hall–Kier alpha value is -1.83. The van der Waals surface area contributed by atoms with Crippen LogP contribution >= 0.6 is 0 Å². The fourth-order valence-corrected chi connectivity index (χ4v) is 1.69. The summed E-state index contributed by atoms with van der Waals surface area (Å²) < 4.78 is 42.9. The molecular weight excluding hydrogens is 313 g/mol. The van der Waals surface area contributed by atoms with E-state index in [1.165, 1.54) is 24.1 Å². The fraction of sp³-hybridized carbons (Fsp3) is 0.600. The van der Waals surface area contributed by atoms with Crippen molar-refractivity contribution < 1.29 is 27.8 Å². The van der Waals surface area contributed by atoms with Gasteiger partial charge in [0.2, 0.25) is 0 Å². The SMILES string of the molecule is CN(CCC(O)c1cccc(C(F)(F)F)n1)C(=O)OC(C)(C)C. The van der Waals surface area contributed by atoms with Crippen molar-refractivity contribution in [3.63, 3.8) is 0 Å². The van der Waals surface area contributed by atoms with E-state index in [0.29, 0.717) is 0 Å². The summed E-state index contributed by atoms with van der Waals surface area (Å²) in [5, 5.41) is 9.97. The van der Waals surface area contributed by atoms with Crippen LogP contribution in [0.15, 0.2) is 18.2 Å². The number of pyridine rings is 1. The first-order valence-electron chi connectivity index (χ1n) is 7.06. The Morgan fingerprint density at radius 3 is 2.48 bits per heavy atom. The van der Waals surface area contributed by atoms with Gasteiger partial charge in [0.05, 0.1) is 11.8 Å². The maximum atomic E-state index is 12.6. The molecule has 1 heterocycles. The van der Waals surface area contributed by atoms with Gasteiger partial charge in [-0.05, 0) is 39.3 Å². The zero-order valence-electron chi connectivity index (χ0n) is 13.5. The minimum absolute atomic E-state index is 0.0457. The summed E-state index contributed by atoms with van der Waals surface area (Å²) in [6.45, 7) is 5.29. The van der Waals surface area contributed by atoms with Crippen LogP contribution in [0.25, 0.3) is 0 Å². The molecule has 0 aliphatic heterocycles. The highest BCUT2D eigenvalue weighted by molar-refractivity contribution is 5.67. The summed E-state index contributed by atoms with van der Waals surface area (Å²) in [5.41, 5.74) is -1.79. The van der Waals surface area contributed by atoms with Crippen molar-refractivity contribution in [2.45, 2.75) is 45.1 Å². The maximum absolute atomic E-state index is 12.6. The van der Waals surface area contributed by atoms with Crippen LogP contribution < -0.4 is 0 Å². The summed E-state index contributed by atoms with van der Waals surface area (Å²) >= 11 is 0. The normalized spacial score (nSPS) is 13.6. The zero-order valence-corrected chi connectivity index (χ0v) is 13.5. The lowest BCUT2D eigenvalue weighted by Gasteiger charge is -2.25. The topological polar surface area (TPSA) is 62.7 Å². The number of nitrogens with zero attached hydrogens (tertiary/aromatic N) is 2. The lowest BCUT2D eigenvalue weighted by Crippen LogP contribution is -2.35. The van der Waals surface area contributed by atoms with Gasteiger partial charge in [-0.1, -0.05) is 6.07 Å². The largest absolute Gasteiger partial charge is 0.444 e. The van der Waals surface area contributed by atoms with E-state index in [2.05, 4.69) is 4.98 Å². The molecule has 0 spiro atoms. The van der Waals surface area contributed by atoms with E-state index in [-0.39, 0.29) is 18.7 Å². The lowest BCUT2D eigenvalue weighted by molar-refractivity contribution is -0.141. The van der Waals surface area contributed by atoms with E-state index in [0.717, 1.165) is 6.07 Å². The van der Waals surface area contributed by atoms with E-state index in [1.807, 2.05) is 0 Å². The molecule has 1 amide bonds. The lowest BCUT2D eigenvalue weighted by atomic mass is 10.1. The molecule has 1 unspecified atom stereocenters. The second-order valence-electron chi connectivity index (χ2n) is 6.15. The Labute approximate surface area is 133 Å². The van der Waals surface area contributed by atoms with Gasteiger partial charge in [-0.2, -0.15) is 13.2 Å². The van der Waals surface area contributed by atoms with Crippen molar-refractivity contribution in [2.75, 3.05) is 13.6 Å². The number of halogens is 3. The number of carbonyl (C=O) groups excluding carboxylic acids is 1. The van der Waals surface area contributed by atoms with Gasteiger partial charge >= 0.3 is 12.3 Å². The summed E-state index contributed by atoms with van der Waals surface area (Å²) in [5.74, 6) is 0. The molecule has 1 atom stereocenters. The number of rotatable bonds is 4. The Morgan fingerprint density at radius 1 is 1.35 bits per heavy atom. The highest BCUT2D eigenvalue weighted by atomic mass is 19.4. The van der Waals surface area contributed by atoms with E-state index >= 15 is 0 Å². The number of carbonyl (C=O) groups is 1. The summed E-state index contributed by atoms with van der Waals surface area (Å²) in [7, 11) is 1.49. The maximum Gasteiger partial charge on any atom is 0.433 e. The van der Waals surface area contributed by atoms with Crippen LogP contribution in [0.1, 0.15) is 44.7 Å². The van der Waals surface area contributed by atoms with E-state index in [1.54, 1.807) is 20.8 Å². The van der Waals surface area contributed by atoms with Gasteiger partial charge in [0.15, 0.2) is 0 Å². The molecule has 0 saturated carbocycles. The molecule has 0 aromatic carbocycles. The van der Waals surface area contributed by atoms with E-state index in [4.69, 9.17) is 4.74 Å². The molecule has 1 rings (SSSR count). The molecule has 1 aromatic rings. The highest BCUT2D eigenvalue weighted by Crippen LogP contribution is 2.28. The molecule has 0 aliphatic rings. The van der Waals surface area contributed by atoms with Crippen molar-refractivity contribution in [1.82, 2.24) is 9.88 Å². The number of hydrogen-bond donors (Lipinski definition) is 1. The molecule has 23 heavy (non-hydrogen) atoms. The molecule has 0 fully saturated rings. The van der Waals surface area contributed by atoms with Crippen molar-refractivity contribution in [2.24, 2.45) is 0 Å². The van der Waals surface area contributed by atoms with Gasteiger partial charge in [-0.25, -0.2) is 9.78 Å². The molecule has 0 aliphatic carbocycles. The first kappa shape index (κ1) is 19.2. The van der Waals surface area contributed by atoms with Crippen molar-refractivity contribution in [1.29, 1.82) is 0 Å². The minimum Gasteiger partial charge on any atom is -0.444 e. The van der Waals surface area contributed by atoms with Gasteiger partial charge in [-0.15, -0.1) is 0 Å². The summed E-state index contributed by atoms with van der Waals surface area (Å²) in [4.78, 5) is 16.4. The predicted molar refractivity (Wildman–Crippen MR) is 77.7 cm³/mol. The fourth-order valence-electron chi connectivity index (χ4n) is 1.69. The average Bonchev–Trinajstić information content (AvgIpc) is 2.41. The molecule has 8 heteroatoms. The Kier molecular flexibility index (Phi) is 5.98. The molecule has 5 nitrogen and oxygen atoms in total. The Balaban J connectivity index is 2.63. The second kappa shape index (κ2) is 7.16. The third kappa shape index (κ3) is 6.43. The van der Waals surface area contributed by atoms with Gasteiger partial charge in [0, 0.05) is 13.6 Å². The summed E-state index contributed by atoms with van der Waals surface area (Å²) in [6, 6.07) is 3.34. The molecule has 0 saturated heterocycles. The quantitative estimate of drug-likeness (QED) is 0.917. The van der Waals surface area contributed by atoms with Crippen molar-refractivity contribution in [3.05, 3.63) is 29.6 Å². The molecular formula is C15H21F3N2O3. The Morgan fingerprint density at radius 2 is 1.96 bits per heavy atom. The number of aliphatic hydroxyl groups excluding tert-OH is 1. The standard InChI is InChI=1S/C15H21F3N2O3/c1-14(2,3)23-13(22)20(4)9-8-11(21)10-6-5-7-12(19-10)15(16,17)18/h5-7,11,21H,8-9H2,1-4H3. The van der Waals surface area contributed by atoms with Gasteiger partial charge in [0.1, 0.15) is 11.3 Å². The highest BCUT2D eigenvalue weighted by Gasteiger charge is 2.33. The average molecular weight is 334 g/mol. The van der Waals surface area contributed by atoms with E-state index in [9.17, 15) is 23.1 Å². The van der Waals surface area contributed by atoms with Crippen molar-refractivity contribution in [3.8, 4) is 0 Å². The van der Waals surface area contributed by atoms with Crippen LogP contribution in [0.2, 0.25) is 0 Å². The third-order valence-electron chi connectivity index (χ3n) is 2.85. The molecule has 0 radical (unpaired) electrons. The molecule has 130 valence electrons. The van der Waals surface area contributed by atoms with Crippen molar-refractivity contribution >= 4 is 6.09 Å². The first-order valence-corrected chi connectivity index (χ1v) is 7.06. The van der Waals surface area contributed by atoms with Gasteiger partial charge < -0.3 is 14.7 Å². The Bertz CT molecular complexity index is 542. The first-order chi connectivity index (χ1) is 10.4. The van der Waals surface area contributed by atoms with Crippen LogP contribution in [0.3, 0.4) is 0 Å². The smallest absolute Gasteiger partial charge is 0.433 e. The van der Waals surface area contributed by atoms with Crippen LogP contribution in [-0.2, 0) is 10.9 Å². The number of ether oxygens (including phenoxy) is 1. The van der Waals surface area contributed by atoms with Crippen LogP contribution in [0.4, 0.5) is 18.0 Å². The predicted octanol–water partition coefficient (Wildman–Crippen LogP) is 3.39. The third-order valence-corrected chi connectivity index (χ3v) is 2.85. The summed E-state index contributed by atoms with van der Waals surface area (Å²) in [6.07, 6.45) is -6.29.